The van der Waals surface area contributed by atoms with Crippen LogP contribution >= 0.6 is 11.3 Å². The molecule has 1 aliphatic carbocycles. The van der Waals surface area contributed by atoms with Crippen molar-refractivity contribution in [3.8, 4) is 0 Å². The van der Waals surface area contributed by atoms with Gasteiger partial charge in [-0.15, -0.1) is 11.3 Å². The van der Waals surface area contributed by atoms with Crippen LogP contribution in [0.5, 0.6) is 0 Å². The normalized spacial score (nSPS) is 14.9. The van der Waals surface area contributed by atoms with E-state index < -0.39 is 0 Å². The van der Waals surface area contributed by atoms with Crippen molar-refractivity contribution in [2.45, 2.75) is 6.42 Å². The average Bonchev–Trinajstić information content (AvgIpc) is 2.56. The predicted molar refractivity (Wildman–Crippen MR) is 57.0 cm³/mol. The van der Waals surface area contributed by atoms with Crippen LogP contribution in [-0.2, 0) is 9.59 Å². The number of hydrogen-bond acceptors (Lipinski definition) is 3. The Kier molecular flexibility index (Phi) is 2.41. The van der Waals surface area contributed by atoms with E-state index in [1.54, 1.807) is 11.3 Å². The standard InChI is InChI=1S/C11H8O2S/c12-6-8-3-9(7-13)5-11-10(4-8)1-2-14-11/h1-2,4-7H,3H2. The lowest BCUT2D eigenvalue weighted by Crippen LogP contribution is -1.88. The Morgan fingerprint density at radius 1 is 1.14 bits per heavy atom. The first kappa shape index (κ1) is 9.09. The first-order valence-electron chi connectivity index (χ1n) is 4.22. The molecule has 0 aliphatic heterocycles. The van der Waals surface area contributed by atoms with Crippen molar-refractivity contribution in [2.24, 2.45) is 0 Å². The fourth-order valence-corrected chi connectivity index (χ4v) is 2.27. The minimum atomic E-state index is 0.439. The highest BCUT2D eigenvalue weighted by molar-refractivity contribution is 7.11. The van der Waals surface area contributed by atoms with Crippen molar-refractivity contribution in [3.05, 3.63) is 33.0 Å². The van der Waals surface area contributed by atoms with E-state index in [-0.39, 0.29) is 0 Å². The van der Waals surface area contributed by atoms with E-state index >= 15 is 0 Å². The maximum absolute atomic E-state index is 10.7. The van der Waals surface area contributed by atoms with Crippen molar-refractivity contribution in [3.63, 3.8) is 0 Å². The highest BCUT2D eigenvalue weighted by atomic mass is 32.1. The number of thiophene rings is 1. The van der Waals surface area contributed by atoms with Crippen molar-refractivity contribution in [2.75, 3.05) is 0 Å². The summed E-state index contributed by atoms with van der Waals surface area (Å²) in [6.45, 7) is 0. The number of hydrogen-bond donors (Lipinski definition) is 0. The summed E-state index contributed by atoms with van der Waals surface area (Å²) in [5, 5.41) is 1.95. The smallest absolute Gasteiger partial charge is 0.146 e. The van der Waals surface area contributed by atoms with Crippen molar-refractivity contribution >= 4 is 36.1 Å². The Morgan fingerprint density at radius 3 is 2.57 bits per heavy atom. The van der Waals surface area contributed by atoms with E-state index in [4.69, 9.17) is 0 Å². The largest absolute Gasteiger partial charge is 0.298 e. The van der Waals surface area contributed by atoms with Crippen LogP contribution in [0.4, 0.5) is 0 Å². The molecule has 0 atom stereocenters. The first-order valence-corrected chi connectivity index (χ1v) is 5.10. The maximum Gasteiger partial charge on any atom is 0.146 e. The molecule has 0 spiro atoms. The zero-order chi connectivity index (χ0) is 9.97. The average molecular weight is 204 g/mol. The van der Waals surface area contributed by atoms with Crippen LogP contribution in [0.1, 0.15) is 16.9 Å². The third kappa shape index (κ3) is 1.59. The lowest BCUT2D eigenvalue weighted by atomic mass is 10.1. The van der Waals surface area contributed by atoms with Gasteiger partial charge in [-0.05, 0) is 40.3 Å². The van der Waals surface area contributed by atoms with Crippen LogP contribution < -0.4 is 0 Å². The fourth-order valence-electron chi connectivity index (χ4n) is 1.42. The Labute approximate surface area is 85.6 Å². The topological polar surface area (TPSA) is 34.1 Å². The SMILES string of the molecule is O=CC1=Cc2ccsc2C=C(C=O)C1. The second-order valence-corrected chi connectivity index (χ2v) is 4.04. The van der Waals surface area contributed by atoms with E-state index in [0.717, 1.165) is 23.0 Å². The van der Waals surface area contributed by atoms with Gasteiger partial charge in [0.2, 0.25) is 0 Å². The Balaban J connectivity index is 2.55. The summed E-state index contributed by atoms with van der Waals surface area (Å²) in [6, 6.07) is 1.95. The summed E-state index contributed by atoms with van der Waals surface area (Å²) in [5.74, 6) is 0. The molecule has 1 aromatic rings. The van der Waals surface area contributed by atoms with E-state index in [1.807, 2.05) is 23.6 Å². The van der Waals surface area contributed by atoms with Crippen molar-refractivity contribution < 1.29 is 9.59 Å². The molecule has 70 valence electrons. The third-order valence-electron chi connectivity index (χ3n) is 2.10. The zero-order valence-electron chi connectivity index (χ0n) is 7.40. The highest BCUT2D eigenvalue weighted by Gasteiger charge is 2.09. The molecule has 0 radical (unpaired) electrons. The molecule has 0 saturated heterocycles. The molecule has 0 amide bonds. The van der Waals surface area contributed by atoms with E-state index in [1.165, 1.54) is 0 Å². The second-order valence-electron chi connectivity index (χ2n) is 3.09. The minimum Gasteiger partial charge on any atom is -0.298 e. The molecule has 0 saturated carbocycles. The fraction of sp³-hybridized carbons (Fsp3) is 0.0909. The van der Waals surface area contributed by atoms with E-state index in [9.17, 15) is 9.59 Å². The van der Waals surface area contributed by atoms with Gasteiger partial charge in [0.25, 0.3) is 0 Å². The van der Waals surface area contributed by atoms with Crippen LogP contribution in [0.15, 0.2) is 22.6 Å². The predicted octanol–water partition coefficient (Wildman–Crippen LogP) is 2.32. The molecule has 1 aromatic heterocycles. The second kappa shape index (κ2) is 3.72. The molecule has 1 heterocycles. The quantitative estimate of drug-likeness (QED) is 0.693. The van der Waals surface area contributed by atoms with Gasteiger partial charge in [-0.1, -0.05) is 0 Å². The maximum atomic E-state index is 10.7. The van der Waals surface area contributed by atoms with Gasteiger partial charge in [0, 0.05) is 11.3 Å². The molecule has 0 N–H and O–H groups in total. The summed E-state index contributed by atoms with van der Waals surface area (Å²) < 4.78 is 0. The van der Waals surface area contributed by atoms with E-state index in [2.05, 4.69) is 0 Å². The van der Waals surface area contributed by atoms with Gasteiger partial charge in [-0.2, -0.15) is 0 Å². The monoisotopic (exact) mass is 204 g/mol. The van der Waals surface area contributed by atoms with Crippen LogP contribution in [0.2, 0.25) is 0 Å². The molecule has 2 nitrogen and oxygen atoms in total. The third-order valence-corrected chi connectivity index (χ3v) is 2.98. The molecule has 2 rings (SSSR count). The molecular weight excluding hydrogens is 196 g/mol. The number of allylic oxidation sites excluding steroid dienone is 2. The number of carbonyl (C=O) groups excluding carboxylic acids is 2. The Bertz CT molecular complexity index is 399. The summed E-state index contributed by atoms with van der Waals surface area (Å²) in [4.78, 5) is 22.4. The number of carbonyl (C=O) groups is 2. The molecule has 1 aliphatic rings. The molecule has 3 heteroatoms. The van der Waals surface area contributed by atoms with Gasteiger partial charge in [-0.25, -0.2) is 0 Å². The summed E-state index contributed by atoms with van der Waals surface area (Å²) in [7, 11) is 0. The van der Waals surface area contributed by atoms with Crippen LogP contribution in [-0.4, -0.2) is 12.6 Å². The first-order chi connectivity index (χ1) is 6.83. The summed E-state index contributed by atoms with van der Waals surface area (Å²) in [6.07, 6.45) is 5.75. The van der Waals surface area contributed by atoms with Gasteiger partial charge in [0.1, 0.15) is 12.6 Å². The van der Waals surface area contributed by atoms with E-state index in [0.29, 0.717) is 17.6 Å². The van der Waals surface area contributed by atoms with Crippen LogP contribution in [0.3, 0.4) is 0 Å². The van der Waals surface area contributed by atoms with Gasteiger partial charge < -0.3 is 0 Å². The summed E-state index contributed by atoms with van der Waals surface area (Å²) >= 11 is 1.57. The van der Waals surface area contributed by atoms with Crippen LogP contribution in [0, 0.1) is 0 Å². The Hall–Kier alpha value is -1.48. The van der Waals surface area contributed by atoms with Gasteiger partial charge in [0.05, 0.1) is 0 Å². The number of fused-ring (bicyclic) bond motifs is 1. The molecule has 14 heavy (non-hydrogen) atoms. The lowest BCUT2D eigenvalue weighted by molar-refractivity contribution is -0.105. The van der Waals surface area contributed by atoms with Crippen molar-refractivity contribution in [1.82, 2.24) is 0 Å². The molecule has 0 unspecified atom stereocenters. The number of rotatable bonds is 2. The van der Waals surface area contributed by atoms with Gasteiger partial charge in [-0.3, -0.25) is 9.59 Å². The highest BCUT2D eigenvalue weighted by Crippen LogP contribution is 2.27. The van der Waals surface area contributed by atoms with Gasteiger partial charge >= 0.3 is 0 Å². The minimum absolute atomic E-state index is 0.439. The van der Waals surface area contributed by atoms with Crippen LogP contribution in [0.25, 0.3) is 12.2 Å². The number of aldehydes is 2. The molecule has 0 aromatic carbocycles. The Morgan fingerprint density at radius 2 is 1.86 bits per heavy atom. The molecule has 0 fully saturated rings. The lowest BCUT2D eigenvalue weighted by Gasteiger charge is -1.94. The summed E-state index contributed by atoms with van der Waals surface area (Å²) in [5.41, 5.74) is 2.33. The zero-order valence-corrected chi connectivity index (χ0v) is 8.21. The molecular formula is C11H8O2S. The van der Waals surface area contributed by atoms with Crippen molar-refractivity contribution in [1.29, 1.82) is 0 Å². The van der Waals surface area contributed by atoms with Gasteiger partial charge in [0.15, 0.2) is 0 Å². The molecule has 0 bridgehead atoms.